The lowest BCUT2D eigenvalue weighted by atomic mass is 9.95. The van der Waals surface area contributed by atoms with Crippen molar-refractivity contribution in [3.05, 3.63) is 29.8 Å². The highest BCUT2D eigenvalue weighted by molar-refractivity contribution is 5.97. The minimum Gasteiger partial charge on any atom is -0.470 e. The topological polar surface area (TPSA) is 38.3 Å². The molecule has 0 fully saturated rings. The summed E-state index contributed by atoms with van der Waals surface area (Å²) >= 11 is 0. The number of hydrogen-bond acceptors (Lipinski definition) is 2. The van der Waals surface area contributed by atoms with Crippen LogP contribution in [0.1, 0.15) is 31.1 Å². The van der Waals surface area contributed by atoms with Gasteiger partial charge >= 0.3 is 0 Å². The van der Waals surface area contributed by atoms with Crippen LogP contribution in [0.25, 0.3) is 0 Å². The minimum atomic E-state index is -0.220. The van der Waals surface area contributed by atoms with Crippen LogP contribution in [0.15, 0.2) is 24.3 Å². The number of nitrogens with one attached hydrogen (secondary N) is 1. The zero-order chi connectivity index (χ0) is 11.7. The normalized spacial score (nSPS) is 21.0. The van der Waals surface area contributed by atoms with Gasteiger partial charge in [0.25, 0.3) is 5.91 Å². The predicted molar refractivity (Wildman–Crippen MR) is 62.3 cm³/mol. The monoisotopic (exact) mass is 219 g/mol. The maximum absolute atomic E-state index is 11.8. The highest BCUT2D eigenvalue weighted by Gasteiger charge is 2.30. The number of benzene rings is 1. The molecule has 0 aliphatic carbocycles. The molecule has 2 unspecified atom stereocenters. The van der Waals surface area contributed by atoms with Gasteiger partial charge in [-0.3, -0.25) is 4.79 Å². The summed E-state index contributed by atoms with van der Waals surface area (Å²) in [7, 11) is 0. The molecule has 3 nitrogen and oxygen atoms in total. The van der Waals surface area contributed by atoms with Crippen molar-refractivity contribution >= 4 is 5.91 Å². The number of carbonyl (C=O) groups excluding carboxylic acids is 1. The fraction of sp³-hybridized carbons (Fsp3) is 0.462. The molecule has 0 saturated carbocycles. The first-order chi connectivity index (χ1) is 7.59. The van der Waals surface area contributed by atoms with Gasteiger partial charge in [0.05, 0.1) is 5.56 Å². The van der Waals surface area contributed by atoms with E-state index in [1.807, 2.05) is 18.2 Å². The standard InChI is InChI=1S/C13H17NO2/c1-8(2)9(3)13-14-12(15)10-6-4-5-7-11(10)16-13/h4-9,13H,1-3H3,(H,14,15). The number of carbonyl (C=O) groups is 1. The molecular weight excluding hydrogens is 202 g/mol. The predicted octanol–water partition coefficient (Wildman–Crippen LogP) is 2.43. The van der Waals surface area contributed by atoms with Gasteiger partial charge in [-0.25, -0.2) is 0 Å². The molecule has 1 aliphatic heterocycles. The van der Waals surface area contributed by atoms with Crippen LogP contribution in [-0.2, 0) is 0 Å². The number of amides is 1. The lowest BCUT2D eigenvalue weighted by molar-refractivity contribution is 0.0527. The Balaban J connectivity index is 2.24. The Kier molecular flexibility index (Phi) is 2.86. The fourth-order valence-corrected chi connectivity index (χ4v) is 1.72. The summed E-state index contributed by atoms with van der Waals surface area (Å²) in [6.45, 7) is 6.34. The van der Waals surface area contributed by atoms with E-state index in [0.717, 1.165) is 0 Å². The van der Waals surface area contributed by atoms with E-state index in [1.54, 1.807) is 6.07 Å². The molecule has 0 radical (unpaired) electrons. The zero-order valence-corrected chi connectivity index (χ0v) is 9.86. The van der Waals surface area contributed by atoms with Gasteiger partial charge in [0, 0.05) is 5.92 Å². The molecule has 0 spiro atoms. The molecule has 2 rings (SSSR count). The van der Waals surface area contributed by atoms with Crippen molar-refractivity contribution in [1.82, 2.24) is 5.32 Å². The van der Waals surface area contributed by atoms with Crippen molar-refractivity contribution in [3.8, 4) is 5.75 Å². The number of para-hydroxylation sites is 1. The molecule has 0 aromatic heterocycles. The summed E-state index contributed by atoms with van der Waals surface area (Å²) in [5.74, 6) is 1.40. The Morgan fingerprint density at radius 1 is 1.25 bits per heavy atom. The highest BCUT2D eigenvalue weighted by Crippen LogP contribution is 2.27. The summed E-state index contributed by atoms with van der Waals surface area (Å²) in [6, 6.07) is 7.34. The molecule has 16 heavy (non-hydrogen) atoms. The van der Waals surface area contributed by atoms with E-state index in [2.05, 4.69) is 26.1 Å². The number of fused-ring (bicyclic) bond motifs is 1. The van der Waals surface area contributed by atoms with Gasteiger partial charge in [0.15, 0.2) is 6.23 Å². The molecule has 1 aromatic rings. The van der Waals surface area contributed by atoms with Crippen molar-refractivity contribution < 1.29 is 9.53 Å². The average molecular weight is 219 g/mol. The molecule has 0 saturated heterocycles. The molecule has 1 aliphatic rings. The maximum atomic E-state index is 11.8. The van der Waals surface area contributed by atoms with Gasteiger partial charge in [-0.2, -0.15) is 0 Å². The quantitative estimate of drug-likeness (QED) is 0.829. The summed E-state index contributed by atoms with van der Waals surface area (Å²) in [6.07, 6.45) is -0.220. The fourth-order valence-electron chi connectivity index (χ4n) is 1.72. The first kappa shape index (κ1) is 11.0. The number of hydrogen-bond donors (Lipinski definition) is 1. The first-order valence-corrected chi connectivity index (χ1v) is 5.66. The van der Waals surface area contributed by atoms with E-state index in [4.69, 9.17) is 4.74 Å². The third-order valence-corrected chi connectivity index (χ3v) is 3.19. The largest absolute Gasteiger partial charge is 0.470 e. The minimum absolute atomic E-state index is 0.0423. The Morgan fingerprint density at radius 2 is 1.94 bits per heavy atom. The molecule has 1 aromatic carbocycles. The Labute approximate surface area is 95.8 Å². The van der Waals surface area contributed by atoms with Gasteiger partial charge in [-0.1, -0.05) is 32.9 Å². The van der Waals surface area contributed by atoms with Gasteiger partial charge in [-0.15, -0.1) is 0 Å². The van der Waals surface area contributed by atoms with Crippen molar-refractivity contribution in [2.45, 2.75) is 27.0 Å². The van der Waals surface area contributed by atoms with Crippen molar-refractivity contribution in [1.29, 1.82) is 0 Å². The molecule has 86 valence electrons. The van der Waals surface area contributed by atoms with Crippen LogP contribution in [0.5, 0.6) is 5.75 Å². The second kappa shape index (κ2) is 4.16. The second-order valence-corrected chi connectivity index (χ2v) is 4.61. The van der Waals surface area contributed by atoms with Crippen molar-refractivity contribution in [3.63, 3.8) is 0 Å². The average Bonchev–Trinajstić information content (AvgIpc) is 2.28. The Bertz CT molecular complexity index is 401. The third-order valence-electron chi connectivity index (χ3n) is 3.19. The van der Waals surface area contributed by atoms with Crippen LogP contribution >= 0.6 is 0 Å². The molecule has 3 heteroatoms. The first-order valence-electron chi connectivity index (χ1n) is 5.66. The maximum Gasteiger partial charge on any atom is 0.257 e. The van der Waals surface area contributed by atoms with E-state index in [0.29, 0.717) is 17.2 Å². The van der Waals surface area contributed by atoms with E-state index in [1.165, 1.54) is 0 Å². The summed E-state index contributed by atoms with van der Waals surface area (Å²) in [4.78, 5) is 11.8. The third kappa shape index (κ3) is 1.90. The second-order valence-electron chi connectivity index (χ2n) is 4.61. The van der Waals surface area contributed by atoms with Crippen LogP contribution in [0, 0.1) is 11.8 Å². The lowest BCUT2D eigenvalue weighted by Gasteiger charge is -2.32. The van der Waals surface area contributed by atoms with Crippen molar-refractivity contribution in [2.75, 3.05) is 0 Å². The zero-order valence-electron chi connectivity index (χ0n) is 9.86. The van der Waals surface area contributed by atoms with E-state index in [9.17, 15) is 4.79 Å². The van der Waals surface area contributed by atoms with E-state index < -0.39 is 0 Å². The van der Waals surface area contributed by atoms with Gasteiger partial charge in [0.2, 0.25) is 0 Å². The molecule has 1 heterocycles. The van der Waals surface area contributed by atoms with Crippen LogP contribution in [-0.4, -0.2) is 12.1 Å². The van der Waals surface area contributed by atoms with Crippen LogP contribution in [0.2, 0.25) is 0 Å². The van der Waals surface area contributed by atoms with Crippen LogP contribution in [0.3, 0.4) is 0 Å². The van der Waals surface area contributed by atoms with Gasteiger partial charge < -0.3 is 10.1 Å². The van der Waals surface area contributed by atoms with Crippen LogP contribution < -0.4 is 10.1 Å². The molecule has 1 amide bonds. The lowest BCUT2D eigenvalue weighted by Crippen LogP contribution is -2.48. The molecule has 0 bridgehead atoms. The van der Waals surface area contributed by atoms with E-state index in [-0.39, 0.29) is 18.1 Å². The summed E-state index contributed by atoms with van der Waals surface area (Å²) in [5, 5.41) is 2.89. The Morgan fingerprint density at radius 3 is 2.62 bits per heavy atom. The van der Waals surface area contributed by atoms with Crippen molar-refractivity contribution in [2.24, 2.45) is 11.8 Å². The molecule has 2 atom stereocenters. The van der Waals surface area contributed by atoms with Crippen LogP contribution in [0.4, 0.5) is 0 Å². The van der Waals surface area contributed by atoms with E-state index >= 15 is 0 Å². The highest BCUT2D eigenvalue weighted by atomic mass is 16.5. The number of ether oxygens (including phenoxy) is 1. The number of rotatable bonds is 2. The SMILES string of the molecule is CC(C)C(C)C1NC(=O)c2ccccc2O1. The smallest absolute Gasteiger partial charge is 0.257 e. The molecule has 1 N–H and O–H groups in total. The van der Waals surface area contributed by atoms with Gasteiger partial charge in [0.1, 0.15) is 5.75 Å². The summed E-state index contributed by atoms with van der Waals surface area (Å²) < 4.78 is 5.79. The van der Waals surface area contributed by atoms with Gasteiger partial charge in [-0.05, 0) is 18.1 Å². The molecular formula is C13H17NO2. The summed E-state index contributed by atoms with van der Waals surface area (Å²) in [5.41, 5.74) is 0.620. The Hall–Kier alpha value is -1.51.